The molecule has 3 heteroatoms. The summed E-state index contributed by atoms with van der Waals surface area (Å²) in [5.41, 5.74) is 2.43. The molecule has 0 saturated carbocycles. The fourth-order valence-electron chi connectivity index (χ4n) is 1.79. The Kier molecular flexibility index (Phi) is 7.43. The zero-order chi connectivity index (χ0) is 14.1. The predicted molar refractivity (Wildman–Crippen MR) is 83.8 cm³/mol. The summed E-state index contributed by atoms with van der Waals surface area (Å²) < 4.78 is 4.85. The lowest BCUT2D eigenvalue weighted by molar-refractivity contribution is -0.137. The standard InChI is InChI=1S/C16H23O2P/c1-4-18-16(17)12-11-14-7-9-15(10-8-14)13-19(5-2)6-3/h7-12H,4-6,13H2,1-3H3. The molecule has 104 valence electrons. The van der Waals surface area contributed by atoms with Crippen LogP contribution in [0.5, 0.6) is 0 Å². The van der Waals surface area contributed by atoms with Gasteiger partial charge in [-0.05, 0) is 42.6 Å². The summed E-state index contributed by atoms with van der Waals surface area (Å²) in [5.74, 6) is -0.285. The molecule has 19 heavy (non-hydrogen) atoms. The summed E-state index contributed by atoms with van der Waals surface area (Å²) in [6.07, 6.45) is 7.05. The van der Waals surface area contributed by atoms with Crippen LogP contribution >= 0.6 is 7.92 Å². The van der Waals surface area contributed by atoms with Crippen molar-refractivity contribution in [3.63, 3.8) is 0 Å². The second kappa shape index (κ2) is 8.87. The quantitative estimate of drug-likeness (QED) is 0.422. The van der Waals surface area contributed by atoms with E-state index in [9.17, 15) is 4.79 Å². The molecule has 0 amide bonds. The minimum atomic E-state index is -0.285. The molecule has 0 spiro atoms. The number of carbonyl (C=O) groups excluding carboxylic acids is 1. The number of benzene rings is 1. The highest BCUT2D eigenvalue weighted by Crippen LogP contribution is 2.38. The molecule has 0 unspecified atom stereocenters. The molecule has 0 saturated heterocycles. The molecular formula is C16H23O2P. The van der Waals surface area contributed by atoms with Gasteiger partial charge < -0.3 is 4.74 Å². The van der Waals surface area contributed by atoms with Gasteiger partial charge in [-0.2, -0.15) is 0 Å². The molecule has 1 rings (SSSR count). The Hall–Kier alpha value is -1.14. The van der Waals surface area contributed by atoms with Gasteiger partial charge >= 0.3 is 5.97 Å². The maximum Gasteiger partial charge on any atom is 0.330 e. The fraction of sp³-hybridized carbons (Fsp3) is 0.438. The molecule has 0 N–H and O–H groups in total. The largest absolute Gasteiger partial charge is 0.463 e. The van der Waals surface area contributed by atoms with Gasteiger partial charge in [0.1, 0.15) is 0 Å². The number of carbonyl (C=O) groups is 1. The van der Waals surface area contributed by atoms with Crippen molar-refractivity contribution in [1.29, 1.82) is 0 Å². The monoisotopic (exact) mass is 278 g/mol. The first kappa shape index (κ1) is 15.9. The number of esters is 1. The lowest BCUT2D eigenvalue weighted by atomic mass is 10.1. The summed E-state index contributed by atoms with van der Waals surface area (Å²) >= 11 is 0. The van der Waals surface area contributed by atoms with Crippen LogP contribution in [0, 0.1) is 0 Å². The number of hydrogen-bond donors (Lipinski definition) is 0. The highest BCUT2D eigenvalue weighted by atomic mass is 31.1. The molecule has 0 aliphatic carbocycles. The summed E-state index contributed by atoms with van der Waals surface area (Å²) in [4.78, 5) is 11.2. The average Bonchev–Trinajstić information content (AvgIpc) is 2.44. The highest BCUT2D eigenvalue weighted by Gasteiger charge is 2.03. The minimum absolute atomic E-state index is 0.143. The van der Waals surface area contributed by atoms with Gasteiger partial charge in [0.2, 0.25) is 0 Å². The van der Waals surface area contributed by atoms with Crippen molar-refractivity contribution in [1.82, 2.24) is 0 Å². The maximum atomic E-state index is 11.2. The Bertz CT molecular complexity index is 405. The van der Waals surface area contributed by atoms with Gasteiger partial charge in [0, 0.05) is 6.08 Å². The van der Waals surface area contributed by atoms with Crippen LogP contribution in [0.2, 0.25) is 0 Å². The van der Waals surface area contributed by atoms with E-state index < -0.39 is 0 Å². The molecule has 1 aromatic rings. The van der Waals surface area contributed by atoms with Crippen molar-refractivity contribution in [3.05, 3.63) is 41.5 Å². The topological polar surface area (TPSA) is 26.3 Å². The molecular weight excluding hydrogens is 255 g/mol. The van der Waals surface area contributed by atoms with Crippen LogP contribution in [0.1, 0.15) is 31.9 Å². The van der Waals surface area contributed by atoms with Crippen molar-refractivity contribution in [3.8, 4) is 0 Å². The maximum absolute atomic E-state index is 11.2. The molecule has 0 aliphatic heterocycles. The van der Waals surface area contributed by atoms with Crippen molar-refractivity contribution in [2.24, 2.45) is 0 Å². The summed E-state index contributed by atoms with van der Waals surface area (Å²) in [5, 5.41) is 0. The Morgan fingerprint density at radius 1 is 1.16 bits per heavy atom. The van der Waals surface area contributed by atoms with Crippen LogP contribution in [0.15, 0.2) is 30.3 Å². The van der Waals surface area contributed by atoms with Crippen molar-refractivity contribution >= 4 is 20.0 Å². The molecule has 0 bridgehead atoms. The highest BCUT2D eigenvalue weighted by molar-refractivity contribution is 7.56. The van der Waals surface area contributed by atoms with Gasteiger partial charge in [-0.15, -0.1) is 7.92 Å². The lowest BCUT2D eigenvalue weighted by Crippen LogP contribution is -1.98. The van der Waals surface area contributed by atoms with Gasteiger partial charge in [-0.1, -0.05) is 38.1 Å². The van der Waals surface area contributed by atoms with E-state index in [1.165, 1.54) is 30.1 Å². The van der Waals surface area contributed by atoms with E-state index in [-0.39, 0.29) is 13.9 Å². The molecule has 0 atom stereocenters. The number of hydrogen-bond acceptors (Lipinski definition) is 2. The normalized spacial score (nSPS) is 11.2. The summed E-state index contributed by atoms with van der Waals surface area (Å²) in [7, 11) is 0.143. The van der Waals surface area contributed by atoms with Crippen molar-refractivity contribution < 1.29 is 9.53 Å². The number of ether oxygens (including phenoxy) is 1. The van der Waals surface area contributed by atoms with Crippen LogP contribution in [0.4, 0.5) is 0 Å². The summed E-state index contributed by atoms with van der Waals surface area (Å²) in [6, 6.07) is 8.44. The first-order valence-electron chi connectivity index (χ1n) is 6.85. The molecule has 1 aromatic carbocycles. The second-order valence-corrected chi connectivity index (χ2v) is 7.21. The third-order valence-corrected chi connectivity index (χ3v) is 5.58. The SMILES string of the molecule is CCOC(=O)C=Cc1ccc(CP(CC)CC)cc1. The molecule has 0 aliphatic rings. The van der Waals surface area contributed by atoms with E-state index >= 15 is 0 Å². The molecule has 2 nitrogen and oxygen atoms in total. The van der Waals surface area contributed by atoms with Gasteiger partial charge in [0.15, 0.2) is 0 Å². The lowest BCUT2D eigenvalue weighted by Gasteiger charge is -2.12. The van der Waals surface area contributed by atoms with Crippen LogP contribution in [0.3, 0.4) is 0 Å². The van der Waals surface area contributed by atoms with Gasteiger partial charge in [-0.3, -0.25) is 0 Å². The van der Waals surface area contributed by atoms with E-state index in [1.54, 1.807) is 13.0 Å². The Morgan fingerprint density at radius 3 is 2.32 bits per heavy atom. The Labute approximate surface area is 117 Å². The number of rotatable bonds is 7. The van der Waals surface area contributed by atoms with E-state index in [4.69, 9.17) is 4.74 Å². The molecule has 0 radical (unpaired) electrons. The van der Waals surface area contributed by atoms with Crippen LogP contribution < -0.4 is 0 Å². The van der Waals surface area contributed by atoms with Crippen LogP contribution in [-0.4, -0.2) is 24.9 Å². The van der Waals surface area contributed by atoms with E-state index in [0.717, 1.165) is 5.56 Å². The predicted octanol–water partition coefficient (Wildman–Crippen LogP) is 4.28. The molecule has 0 heterocycles. The Morgan fingerprint density at radius 2 is 1.79 bits per heavy atom. The summed E-state index contributed by atoms with van der Waals surface area (Å²) in [6.45, 7) is 6.76. The minimum Gasteiger partial charge on any atom is -0.463 e. The van der Waals surface area contributed by atoms with Crippen molar-refractivity contribution in [2.75, 3.05) is 18.9 Å². The first-order valence-corrected chi connectivity index (χ1v) is 8.75. The van der Waals surface area contributed by atoms with Gasteiger partial charge in [-0.25, -0.2) is 4.79 Å². The van der Waals surface area contributed by atoms with Crippen LogP contribution in [-0.2, 0) is 15.7 Å². The molecule has 0 aromatic heterocycles. The zero-order valence-electron chi connectivity index (χ0n) is 12.1. The average molecular weight is 278 g/mol. The molecule has 0 fully saturated rings. The van der Waals surface area contributed by atoms with Crippen LogP contribution in [0.25, 0.3) is 6.08 Å². The first-order chi connectivity index (χ1) is 9.19. The van der Waals surface area contributed by atoms with E-state index in [0.29, 0.717) is 6.61 Å². The van der Waals surface area contributed by atoms with E-state index in [2.05, 4.69) is 38.1 Å². The van der Waals surface area contributed by atoms with Gasteiger partial charge in [0.05, 0.1) is 6.61 Å². The Balaban J connectivity index is 2.58. The zero-order valence-corrected chi connectivity index (χ0v) is 13.0. The third kappa shape index (κ3) is 6.02. The smallest absolute Gasteiger partial charge is 0.330 e. The third-order valence-electron chi connectivity index (χ3n) is 2.98. The fourth-order valence-corrected chi connectivity index (χ4v) is 3.42. The van der Waals surface area contributed by atoms with Gasteiger partial charge in [0.25, 0.3) is 0 Å². The second-order valence-electron chi connectivity index (χ2n) is 4.29. The van der Waals surface area contributed by atoms with E-state index in [1.807, 2.05) is 0 Å². The van der Waals surface area contributed by atoms with Crippen molar-refractivity contribution in [2.45, 2.75) is 26.9 Å².